The zero-order valence-corrected chi connectivity index (χ0v) is 19.4. The molecule has 1 N–H and O–H groups in total. The van der Waals surface area contributed by atoms with Crippen molar-refractivity contribution in [2.24, 2.45) is 0 Å². The van der Waals surface area contributed by atoms with E-state index in [0.29, 0.717) is 36.8 Å². The molecule has 5 rings (SSSR count). The second-order valence-electron chi connectivity index (χ2n) is 9.01. The van der Waals surface area contributed by atoms with Crippen LogP contribution in [0.25, 0.3) is 11.5 Å². The third-order valence-electron chi connectivity index (χ3n) is 6.41. The minimum absolute atomic E-state index is 0.0814. The highest BCUT2D eigenvalue weighted by atomic mass is 19.1. The first kappa shape index (κ1) is 22.0. The van der Waals surface area contributed by atoms with Gasteiger partial charge in [0.2, 0.25) is 0 Å². The Morgan fingerprint density at radius 2 is 1.97 bits per heavy atom. The van der Waals surface area contributed by atoms with Gasteiger partial charge in [-0.3, -0.25) is 4.79 Å². The molecular formula is C24H26FN7O2. The fraction of sp³-hybridized carbons (Fsp3) is 0.375. The molecule has 34 heavy (non-hydrogen) atoms. The lowest BCUT2D eigenvalue weighted by Gasteiger charge is -2.31. The molecule has 0 fully saturated rings. The number of pyridine rings is 1. The van der Waals surface area contributed by atoms with Gasteiger partial charge in [-0.05, 0) is 55.2 Å². The fourth-order valence-corrected chi connectivity index (χ4v) is 4.61. The number of benzene rings is 1. The number of carbonyl (C=O) groups excluding carboxylic acids is 2. The van der Waals surface area contributed by atoms with Gasteiger partial charge < -0.3 is 19.7 Å². The van der Waals surface area contributed by atoms with E-state index >= 15 is 0 Å². The van der Waals surface area contributed by atoms with Gasteiger partial charge in [0, 0.05) is 39.6 Å². The number of nitrogens with one attached hydrogen (secondary N) is 1. The number of halogens is 1. The number of aromatic nitrogens is 4. The molecule has 0 saturated carbocycles. The fourth-order valence-electron chi connectivity index (χ4n) is 4.61. The standard InChI is InChI=1S/C24H26FN7O2/c1-14-7-8-21-28-29-22(32(14)21)19-5-4-6-20(26-19)27-23(33)17-11-16-13-31(24(34)30(2)3)10-9-15(16)12-18(17)25/h4-6,11-12,14H,7-10,13H2,1-3H3,(H,26,27,33)/t14-/m1/s1. The Labute approximate surface area is 196 Å². The molecule has 2 aromatic heterocycles. The molecule has 1 atom stereocenters. The van der Waals surface area contributed by atoms with Crippen LogP contribution in [-0.4, -0.2) is 62.1 Å². The van der Waals surface area contributed by atoms with Crippen molar-refractivity contribution >= 4 is 17.8 Å². The maximum absolute atomic E-state index is 14.8. The summed E-state index contributed by atoms with van der Waals surface area (Å²) in [6.45, 7) is 2.95. The molecule has 0 unspecified atom stereocenters. The van der Waals surface area contributed by atoms with Crippen molar-refractivity contribution in [2.45, 2.75) is 38.8 Å². The monoisotopic (exact) mass is 463 g/mol. The molecule has 0 radical (unpaired) electrons. The molecule has 10 heteroatoms. The van der Waals surface area contributed by atoms with Gasteiger partial charge in [-0.1, -0.05) is 6.07 Å². The predicted octanol–water partition coefficient (Wildman–Crippen LogP) is 3.28. The van der Waals surface area contributed by atoms with Gasteiger partial charge in [0.05, 0.1) is 5.56 Å². The van der Waals surface area contributed by atoms with E-state index in [4.69, 9.17) is 0 Å². The summed E-state index contributed by atoms with van der Waals surface area (Å²) in [5.41, 5.74) is 2.09. The first-order valence-electron chi connectivity index (χ1n) is 11.3. The molecule has 2 aliphatic rings. The van der Waals surface area contributed by atoms with E-state index in [-0.39, 0.29) is 17.6 Å². The number of hydrogen-bond donors (Lipinski definition) is 1. The predicted molar refractivity (Wildman–Crippen MR) is 124 cm³/mol. The number of hydrogen-bond acceptors (Lipinski definition) is 5. The molecule has 2 aliphatic heterocycles. The number of nitrogens with zero attached hydrogens (tertiary/aromatic N) is 6. The smallest absolute Gasteiger partial charge is 0.319 e. The largest absolute Gasteiger partial charge is 0.331 e. The van der Waals surface area contributed by atoms with Gasteiger partial charge in [0.1, 0.15) is 23.2 Å². The number of rotatable bonds is 3. The van der Waals surface area contributed by atoms with E-state index in [1.54, 1.807) is 31.1 Å². The lowest BCUT2D eigenvalue weighted by atomic mass is 9.96. The highest BCUT2D eigenvalue weighted by molar-refractivity contribution is 6.04. The van der Waals surface area contributed by atoms with Crippen LogP contribution >= 0.6 is 0 Å². The zero-order chi connectivity index (χ0) is 24.0. The van der Waals surface area contributed by atoms with E-state index in [0.717, 1.165) is 29.8 Å². The first-order valence-corrected chi connectivity index (χ1v) is 11.3. The van der Waals surface area contributed by atoms with Crippen LogP contribution in [0.15, 0.2) is 30.3 Å². The van der Waals surface area contributed by atoms with Crippen molar-refractivity contribution in [1.29, 1.82) is 0 Å². The summed E-state index contributed by atoms with van der Waals surface area (Å²) in [4.78, 5) is 33.0. The Morgan fingerprint density at radius 3 is 2.76 bits per heavy atom. The van der Waals surface area contributed by atoms with Crippen LogP contribution in [-0.2, 0) is 19.4 Å². The maximum Gasteiger partial charge on any atom is 0.319 e. The van der Waals surface area contributed by atoms with Crippen molar-refractivity contribution in [1.82, 2.24) is 29.5 Å². The Morgan fingerprint density at radius 1 is 1.15 bits per heavy atom. The van der Waals surface area contributed by atoms with E-state index in [2.05, 4.69) is 32.0 Å². The Kier molecular flexibility index (Phi) is 5.51. The summed E-state index contributed by atoms with van der Waals surface area (Å²) in [6.07, 6.45) is 2.42. The highest BCUT2D eigenvalue weighted by Gasteiger charge is 2.26. The zero-order valence-electron chi connectivity index (χ0n) is 19.4. The maximum atomic E-state index is 14.8. The van der Waals surface area contributed by atoms with Crippen LogP contribution < -0.4 is 5.32 Å². The van der Waals surface area contributed by atoms with Gasteiger partial charge in [0.15, 0.2) is 5.82 Å². The average molecular weight is 464 g/mol. The second kappa shape index (κ2) is 8.51. The van der Waals surface area contributed by atoms with Crippen LogP contribution in [0.4, 0.5) is 15.0 Å². The van der Waals surface area contributed by atoms with E-state index in [1.807, 2.05) is 6.07 Å². The van der Waals surface area contributed by atoms with E-state index in [1.165, 1.54) is 17.0 Å². The molecule has 4 heterocycles. The Bertz CT molecular complexity index is 1290. The number of urea groups is 1. The molecule has 3 aromatic rings. The average Bonchev–Trinajstić information content (AvgIpc) is 3.41. The normalized spacial score (nSPS) is 16.7. The molecule has 0 aliphatic carbocycles. The van der Waals surface area contributed by atoms with Crippen molar-refractivity contribution in [3.8, 4) is 11.5 Å². The van der Waals surface area contributed by atoms with Crippen molar-refractivity contribution in [3.05, 3.63) is 58.7 Å². The van der Waals surface area contributed by atoms with Crippen molar-refractivity contribution in [3.63, 3.8) is 0 Å². The number of fused-ring (bicyclic) bond motifs is 2. The third kappa shape index (κ3) is 3.89. The quantitative estimate of drug-likeness (QED) is 0.643. The molecule has 3 amide bonds. The van der Waals surface area contributed by atoms with Crippen LogP contribution in [0, 0.1) is 5.82 Å². The summed E-state index contributed by atoms with van der Waals surface area (Å²) in [6, 6.07) is 8.33. The third-order valence-corrected chi connectivity index (χ3v) is 6.41. The van der Waals surface area contributed by atoms with Crippen LogP contribution in [0.2, 0.25) is 0 Å². The molecule has 1 aromatic carbocycles. The SMILES string of the molecule is C[C@@H]1CCc2nnc(-c3cccc(NC(=O)c4cc5c(cc4F)CCN(C(=O)N(C)C)C5)n3)n21. The number of anilines is 1. The summed E-state index contributed by atoms with van der Waals surface area (Å²) < 4.78 is 16.9. The first-order chi connectivity index (χ1) is 16.3. The highest BCUT2D eigenvalue weighted by Crippen LogP contribution is 2.30. The van der Waals surface area contributed by atoms with Crippen LogP contribution in [0.3, 0.4) is 0 Å². The molecule has 176 valence electrons. The van der Waals surface area contributed by atoms with Crippen molar-refractivity contribution < 1.29 is 14.0 Å². The minimum Gasteiger partial charge on any atom is -0.331 e. The summed E-state index contributed by atoms with van der Waals surface area (Å²) >= 11 is 0. The van der Waals surface area contributed by atoms with E-state index in [9.17, 15) is 14.0 Å². The molecule has 0 spiro atoms. The topological polar surface area (TPSA) is 96.2 Å². The van der Waals surface area contributed by atoms with Crippen LogP contribution in [0.1, 0.15) is 46.7 Å². The molecular weight excluding hydrogens is 437 g/mol. The van der Waals surface area contributed by atoms with Crippen LogP contribution in [0.5, 0.6) is 0 Å². The van der Waals surface area contributed by atoms with Crippen molar-refractivity contribution in [2.75, 3.05) is 26.0 Å². The summed E-state index contributed by atoms with van der Waals surface area (Å²) in [7, 11) is 3.38. The van der Waals surface area contributed by atoms with Gasteiger partial charge >= 0.3 is 6.03 Å². The van der Waals surface area contributed by atoms with Gasteiger partial charge in [-0.15, -0.1) is 10.2 Å². The lowest BCUT2D eigenvalue weighted by Crippen LogP contribution is -2.42. The van der Waals surface area contributed by atoms with E-state index < -0.39 is 11.7 Å². The lowest BCUT2D eigenvalue weighted by molar-refractivity contribution is 0.102. The summed E-state index contributed by atoms with van der Waals surface area (Å²) in [5.74, 6) is 0.690. The van der Waals surface area contributed by atoms with Gasteiger partial charge in [-0.25, -0.2) is 14.2 Å². The Hall–Kier alpha value is -3.82. The number of carbonyl (C=O) groups is 2. The minimum atomic E-state index is -0.596. The molecule has 0 saturated heterocycles. The Balaban J connectivity index is 1.38. The van der Waals surface area contributed by atoms with Gasteiger partial charge in [0.25, 0.3) is 5.91 Å². The molecule has 9 nitrogen and oxygen atoms in total. The molecule has 0 bridgehead atoms. The second-order valence-corrected chi connectivity index (χ2v) is 9.01. The van der Waals surface area contributed by atoms with Gasteiger partial charge in [-0.2, -0.15) is 0 Å². The number of amides is 3. The summed E-state index contributed by atoms with van der Waals surface area (Å²) in [5, 5.41) is 11.2. The number of aryl methyl sites for hydroxylation is 1.